The lowest BCUT2D eigenvalue weighted by Gasteiger charge is -2.31. The van der Waals surface area contributed by atoms with Crippen LogP contribution < -0.4 is 5.32 Å². The highest BCUT2D eigenvalue weighted by Crippen LogP contribution is 2.27. The van der Waals surface area contributed by atoms with Crippen molar-refractivity contribution < 1.29 is 36.5 Å². The van der Waals surface area contributed by atoms with Crippen molar-refractivity contribution in [2.45, 2.75) is 59.1 Å². The molecule has 168 valence electrons. The van der Waals surface area contributed by atoms with Crippen LogP contribution in [0.25, 0.3) is 0 Å². The minimum atomic E-state index is -4.18. The summed E-state index contributed by atoms with van der Waals surface area (Å²) in [6.07, 6.45) is 1.76. The van der Waals surface area contributed by atoms with Gasteiger partial charge in [-0.2, -0.15) is 8.42 Å². The molecule has 10 nitrogen and oxygen atoms in total. The standard InChI is InChI=1S/C19H28N2O8S/c1-6-16(21-13(2)22)30(25,26)28-12-19(4,5)17(29-14(3)23)18(24)27-11-15-8-7-9-20-10-15/h7-10,16-17H,6,11-12H2,1-5H3,(H,21,22)/t16?,17-/m0/s1. The summed E-state index contributed by atoms with van der Waals surface area (Å²) in [5.74, 6) is -2.11. The number of carbonyl (C=O) groups is 3. The van der Waals surface area contributed by atoms with E-state index in [1.54, 1.807) is 25.3 Å². The van der Waals surface area contributed by atoms with Crippen molar-refractivity contribution in [1.29, 1.82) is 0 Å². The number of pyridine rings is 1. The lowest BCUT2D eigenvalue weighted by atomic mass is 9.87. The second kappa shape index (κ2) is 11.0. The molecule has 1 aromatic rings. The summed E-state index contributed by atoms with van der Waals surface area (Å²) >= 11 is 0. The third-order valence-corrected chi connectivity index (χ3v) is 5.58. The van der Waals surface area contributed by atoms with Gasteiger partial charge in [0.05, 0.1) is 6.61 Å². The summed E-state index contributed by atoms with van der Waals surface area (Å²) in [6.45, 7) is 6.31. The number of ether oxygens (including phenoxy) is 2. The molecule has 30 heavy (non-hydrogen) atoms. The zero-order valence-electron chi connectivity index (χ0n) is 17.7. The highest BCUT2D eigenvalue weighted by molar-refractivity contribution is 7.87. The van der Waals surface area contributed by atoms with Crippen molar-refractivity contribution >= 4 is 28.0 Å². The van der Waals surface area contributed by atoms with E-state index in [0.29, 0.717) is 5.56 Å². The van der Waals surface area contributed by atoms with E-state index in [-0.39, 0.29) is 13.0 Å². The van der Waals surface area contributed by atoms with Crippen molar-refractivity contribution in [3.8, 4) is 0 Å². The van der Waals surface area contributed by atoms with E-state index >= 15 is 0 Å². The van der Waals surface area contributed by atoms with Gasteiger partial charge in [-0.15, -0.1) is 0 Å². The van der Waals surface area contributed by atoms with Gasteiger partial charge in [-0.1, -0.05) is 26.8 Å². The molecule has 2 atom stereocenters. The molecule has 0 fully saturated rings. The van der Waals surface area contributed by atoms with Crippen LogP contribution in [0.15, 0.2) is 24.5 Å². The second-order valence-electron chi connectivity index (χ2n) is 7.30. The molecule has 0 bridgehead atoms. The van der Waals surface area contributed by atoms with Gasteiger partial charge in [0.1, 0.15) is 6.61 Å². The Balaban J connectivity index is 2.90. The summed E-state index contributed by atoms with van der Waals surface area (Å²) in [6, 6.07) is 3.38. The molecule has 1 heterocycles. The molecule has 1 unspecified atom stereocenters. The average molecular weight is 445 g/mol. The van der Waals surface area contributed by atoms with Crippen LogP contribution >= 0.6 is 0 Å². The van der Waals surface area contributed by atoms with Crippen LogP contribution in [0.2, 0.25) is 0 Å². The first-order valence-corrected chi connectivity index (χ1v) is 10.7. The van der Waals surface area contributed by atoms with Gasteiger partial charge < -0.3 is 14.8 Å². The van der Waals surface area contributed by atoms with Gasteiger partial charge >= 0.3 is 11.9 Å². The number of rotatable bonds is 11. The summed E-state index contributed by atoms with van der Waals surface area (Å²) < 4.78 is 40.2. The average Bonchev–Trinajstić information content (AvgIpc) is 2.67. The van der Waals surface area contributed by atoms with Crippen LogP contribution in [0.4, 0.5) is 0 Å². The summed E-state index contributed by atoms with van der Waals surface area (Å²) in [4.78, 5) is 39.2. The first-order chi connectivity index (χ1) is 13.9. The minimum Gasteiger partial charge on any atom is -0.458 e. The van der Waals surface area contributed by atoms with Crippen molar-refractivity contribution in [3.63, 3.8) is 0 Å². The first-order valence-electron chi connectivity index (χ1n) is 9.27. The van der Waals surface area contributed by atoms with Crippen LogP contribution in [-0.2, 0) is 44.8 Å². The third-order valence-electron chi connectivity index (χ3n) is 3.99. The fourth-order valence-corrected chi connectivity index (χ4v) is 3.75. The quantitative estimate of drug-likeness (QED) is 0.395. The van der Waals surface area contributed by atoms with Crippen LogP contribution in [0.5, 0.6) is 0 Å². The highest BCUT2D eigenvalue weighted by Gasteiger charge is 2.41. The molecule has 1 rings (SSSR count). The molecule has 0 aliphatic rings. The molecular weight excluding hydrogens is 416 g/mol. The molecular formula is C19H28N2O8S. The Bertz CT molecular complexity index is 839. The van der Waals surface area contributed by atoms with Crippen molar-refractivity contribution in [3.05, 3.63) is 30.1 Å². The second-order valence-corrected chi connectivity index (χ2v) is 9.09. The van der Waals surface area contributed by atoms with Crippen molar-refractivity contribution in [1.82, 2.24) is 10.3 Å². The third kappa shape index (κ3) is 8.07. The smallest absolute Gasteiger partial charge is 0.348 e. The maximum Gasteiger partial charge on any atom is 0.348 e. The minimum absolute atomic E-state index is 0.0862. The Morgan fingerprint density at radius 3 is 2.40 bits per heavy atom. The number of esters is 2. The molecule has 0 aliphatic heterocycles. The summed E-state index contributed by atoms with van der Waals surface area (Å²) in [7, 11) is -4.18. The molecule has 1 amide bonds. The lowest BCUT2D eigenvalue weighted by molar-refractivity contribution is -0.177. The number of nitrogens with one attached hydrogen (secondary N) is 1. The van der Waals surface area contributed by atoms with Crippen molar-refractivity contribution in [2.75, 3.05) is 6.61 Å². The van der Waals surface area contributed by atoms with E-state index in [0.717, 1.165) is 6.92 Å². The number of amides is 1. The van der Waals surface area contributed by atoms with Crippen LogP contribution in [-0.4, -0.2) is 49.3 Å². The van der Waals surface area contributed by atoms with E-state index in [4.69, 9.17) is 13.7 Å². The van der Waals surface area contributed by atoms with E-state index in [9.17, 15) is 22.8 Å². The topological polar surface area (TPSA) is 138 Å². The van der Waals surface area contributed by atoms with Gasteiger partial charge in [0.25, 0.3) is 10.1 Å². The molecule has 1 N–H and O–H groups in total. The van der Waals surface area contributed by atoms with Crippen LogP contribution in [0.1, 0.15) is 46.6 Å². The fourth-order valence-electron chi connectivity index (χ4n) is 2.40. The summed E-state index contributed by atoms with van der Waals surface area (Å²) in [5.41, 5.74) is -0.621. The van der Waals surface area contributed by atoms with Gasteiger partial charge in [-0.05, 0) is 12.5 Å². The van der Waals surface area contributed by atoms with Crippen molar-refractivity contribution in [2.24, 2.45) is 5.41 Å². The zero-order valence-corrected chi connectivity index (χ0v) is 18.5. The number of hydrogen-bond acceptors (Lipinski definition) is 9. The zero-order chi connectivity index (χ0) is 22.9. The van der Waals surface area contributed by atoms with E-state index in [1.165, 1.54) is 27.0 Å². The monoisotopic (exact) mass is 444 g/mol. The lowest BCUT2D eigenvalue weighted by Crippen LogP contribution is -2.46. The maximum absolute atomic E-state index is 12.6. The van der Waals surface area contributed by atoms with Gasteiger partial charge in [-0.25, -0.2) is 4.79 Å². The van der Waals surface area contributed by atoms with E-state index in [2.05, 4.69) is 10.3 Å². The number of carbonyl (C=O) groups excluding carboxylic acids is 3. The molecule has 0 aromatic carbocycles. The molecule has 0 saturated carbocycles. The Kier molecular flexibility index (Phi) is 9.37. The number of hydrogen-bond donors (Lipinski definition) is 1. The van der Waals surface area contributed by atoms with E-state index in [1.807, 2.05) is 0 Å². The Hall–Kier alpha value is -2.53. The highest BCUT2D eigenvalue weighted by atomic mass is 32.2. The summed E-state index contributed by atoms with van der Waals surface area (Å²) in [5, 5.41) is 1.05. The molecule has 0 aliphatic carbocycles. The molecule has 0 spiro atoms. The van der Waals surface area contributed by atoms with E-state index < -0.39 is 51.5 Å². The SMILES string of the molecule is CCC(NC(C)=O)S(=O)(=O)OCC(C)(C)[C@@H](OC(C)=O)C(=O)OCc1cccnc1. The van der Waals surface area contributed by atoms with Crippen LogP contribution in [0.3, 0.4) is 0 Å². The fraction of sp³-hybridized carbons (Fsp3) is 0.579. The Morgan fingerprint density at radius 2 is 1.90 bits per heavy atom. The number of aromatic nitrogens is 1. The molecule has 11 heteroatoms. The normalized spacial score (nSPS) is 13.8. The van der Waals surface area contributed by atoms with Gasteiger partial charge in [0, 0.05) is 37.2 Å². The predicted octanol–water partition coefficient (Wildman–Crippen LogP) is 1.30. The van der Waals surface area contributed by atoms with Gasteiger partial charge in [0.2, 0.25) is 12.0 Å². The molecule has 0 saturated heterocycles. The Morgan fingerprint density at radius 1 is 1.23 bits per heavy atom. The molecule has 1 aromatic heterocycles. The molecule has 0 radical (unpaired) electrons. The van der Waals surface area contributed by atoms with Gasteiger partial charge in [-0.3, -0.25) is 18.8 Å². The first kappa shape index (κ1) is 25.5. The van der Waals surface area contributed by atoms with Gasteiger partial charge in [0.15, 0.2) is 5.37 Å². The number of nitrogens with zero attached hydrogens (tertiary/aromatic N) is 1. The largest absolute Gasteiger partial charge is 0.458 e. The Labute approximate surface area is 176 Å². The maximum atomic E-state index is 12.6. The van der Waals surface area contributed by atoms with Crippen LogP contribution in [0, 0.1) is 5.41 Å². The predicted molar refractivity (Wildman–Crippen MR) is 106 cm³/mol.